The fraction of sp³-hybridized carbons (Fsp3) is 0.267. The molecule has 1 amide bonds. The molecule has 218 valence electrons. The smallest absolute Gasteiger partial charge is 0.283 e. The van der Waals surface area contributed by atoms with Crippen LogP contribution in [0.2, 0.25) is 0 Å². The van der Waals surface area contributed by atoms with Gasteiger partial charge in [0.15, 0.2) is 5.03 Å². The Morgan fingerprint density at radius 3 is 2.37 bits per heavy atom. The molecule has 4 aromatic rings. The van der Waals surface area contributed by atoms with Crippen LogP contribution in [0.3, 0.4) is 0 Å². The first-order valence-electron chi connectivity index (χ1n) is 12.9. The van der Waals surface area contributed by atoms with Crippen molar-refractivity contribution in [2.45, 2.75) is 46.6 Å². The summed E-state index contributed by atoms with van der Waals surface area (Å²) in [6.07, 6.45) is 2.44. The minimum atomic E-state index is -4.35. The molecule has 0 saturated heterocycles. The first-order valence-corrected chi connectivity index (χ1v) is 14.4. The molecule has 4 rings (SSSR count). The van der Waals surface area contributed by atoms with E-state index in [1.54, 1.807) is 13.0 Å². The second-order valence-corrected chi connectivity index (χ2v) is 11.8. The molecule has 0 atom stereocenters. The Bertz CT molecular complexity index is 1710. The molecule has 0 aliphatic heterocycles. The van der Waals surface area contributed by atoms with Crippen LogP contribution in [0, 0.1) is 39.4 Å². The molecule has 0 fully saturated rings. The maximum atomic E-state index is 14.5. The average Bonchev–Trinajstić information content (AvgIpc) is 2.89. The normalized spacial score (nSPS) is 11.4. The minimum Gasteiger partial charge on any atom is -0.493 e. The Hall–Kier alpha value is -4.38. The van der Waals surface area contributed by atoms with Gasteiger partial charge in [0.05, 0.1) is 24.2 Å². The van der Waals surface area contributed by atoms with Crippen LogP contribution in [-0.4, -0.2) is 35.9 Å². The number of aryl methyl sites for hydroxylation is 4. The number of hydrogen-bond donors (Lipinski definition) is 1. The van der Waals surface area contributed by atoms with Gasteiger partial charge in [-0.15, -0.1) is 0 Å². The molecule has 0 aliphatic carbocycles. The predicted octanol–water partition coefficient (Wildman–Crippen LogP) is 6.35. The summed E-state index contributed by atoms with van der Waals surface area (Å²) in [7, 11) is -4.35. The van der Waals surface area contributed by atoms with Crippen molar-refractivity contribution in [3.63, 3.8) is 0 Å². The van der Waals surface area contributed by atoms with Crippen molar-refractivity contribution in [1.29, 1.82) is 0 Å². The molecule has 0 spiro atoms. The number of carbonyl (C=O) groups is 1. The monoisotopic (exact) mass is 582 g/mol. The maximum Gasteiger partial charge on any atom is 0.283 e. The van der Waals surface area contributed by atoms with Crippen molar-refractivity contribution in [2.24, 2.45) is 5.92 Å². The van der Waals surface area contributed by atoms with E-state index in [0.29, 0.717) is 35.1 Å². The molecule has 1 N–H and O–H groups in total. The second-order valence-electron chi connectivity index (χ2n) is 10.2. The summed E-state index contributed by atoms with van der Waals surface area (Å²) < 4.78 is 54.2. The summed E-state index contributed by atoms with van der Waals surface area (Å²) in [6.45, 7) is 11.6. The number of rotatable bonds is 9. The molecule has 2 aromatic carbocycles. The molecular weight excluding hydrogens is 547 g/mol. The molecule has 0 saturated carbocycles. The van der Waals surface area contributed by atoms with Gasteiger partial charge < -0.3 is 9.47 Å². The van der Waals surface area contributed by atoms with E-state index in [0.717, 1.165) is 22.9 Å². The van der Waals surface area contributed by atoms with Crippen LogP contribution in [0.4, 0.5) is 4.39 Å². The van der Waals surface area contributed by atoms with Crippen molar-refractivity contribution < 1.29 is 29.9 Å². The lowest BCUT2D eigenvalue weighted by Crippen LogP contribution is -2.31. The van der Waals surface area contributed by atoms with Crippen molar-refractivity contribution in [3.05, 3.63) is 88.6 Å². The van der Waals surface area contributed by atoms with E-state index in [2.05, 4.69) is 15.0 Å². The summed E-state index contributed by atoms with van der Waals surface area (Å²) >= 11 is 0. The zero-order valence-electron chi connectivity index (χ0n) is 23.6. The van der Waals surface area contributed by atoms with Gasteiger partial charge in [0.1, 0.15) is 22.9 Å². The Morgan fingerprint density at radius 1 is 1.00 bits per heavy atom. The van der Waals surface area contributed by atoms with E-state index in [9.17, 15) is 17.6 Å². The molecule has 0 aliphatic rings. The van der Waals surface area contributed by atoms with E-state index < -0.39 is 26.8 Å². The fourth-order valence-electron chi connectivity index (χ4n) is 4.13. The second kappa shape index (κ2) is 12.0. The number of halogens is 1. The summed E-state index contributed by atoms with van der Waals surface area (Å²) in [5, 5.41) is -0.406. The Balaban J connectivity index is 0.00000323. The van der Waals surface area contributed by atoms with E-state index >= 15 is 0 Å². The highest BCUT2D eigenvalue weighted by molar-refractivity contribution is 7.90. The van der Waals surface area contributed by atoms with Gasteiger partial charge in [0.2, 0.25) is 5.88 Å². The zero-order chi connectivity index (χ0) is 29.9. The average molecular weight is 583 g/mol. The van der Waals surface area contributed by atoms with Gasteiger partial charge >= 0.3 is 0 Å². The first kappa shape index (κ1) is 29.6. The topological polar surface area (TPSA) is 120 Å². The third kappa shape index (κ3) is 7.23. The number of nitrogens with one attached hydrogen (secondary N) is 1. The maximum absolute atomic E-state index is 14.5. The summed E-state index contributed by atoms with van der Waals surface area (Å²) in [5.74, 6) is -0.639. The lowest BCUT2D eigenvalue weighted by Gasteiger charge is -2.16. The third-order valence-electron chi connectivity index (χ3n) is 5.89. The van der Waals surface area contributed by atoms with Crippen LogP contribution < -0.4 is 14.2 Å². The van der Waals surface area contributed by atoms with Crippen molar-refractivity contribution >= 4 is 15.9 Å². The Labute approximate surface area is 241 Å². The summed E-state index contributed by atoms with van der Waals surface area (Å²) in [5.41, 5.74) is 3.50. The molecule has 2 heterocycles. The van der Waals surface area contributed by atoms with Gasteiger partial charge in [-0.1, -0.05) is 31.5 Å². The van der Waals surface area contributed by atoms with Crippen LogP contribution in [0.1, 0.15) is 49.4 Å². The van der Waals surface area contributed by atoms with Crippen LogP contribution >= 0.6 is 0 Å². The van der Waals surface area contributed by atoms with E-state index in [1.165, 1.54) is 30.5 Å². The number of pyridine rings is 1. The highest BCUT2D eigenvalue weighted by Gasteiger charge is 2.25. The summed E-state index contributed by atoms with van der Waals surface area (Å²) in [4.78, 5) is 25.6. The molecule has 9 nitrogen and oxygen atoms in total. The van der Waals surface area contributed by atoms with Gasteiger partial charge in [0.25, 0.3) is 15.9 Å². The van der Waals surface area contributed by atoms with Gasteiger partial charge in [-0.2, -0.15) is 8.42 Å². The van der Waals surface area contributed by atoms with Crippen LogP contribution in [0.25, 0.3) is 11.3 Å². The van der Waals surface area contributed by atoms with Crippen LogP contribution in [0.15, 0.2) is 59.9 Å². The van der Waals surface area contributed by atoms with Gasteiger partial charge in [0, 0.05) is 20.7 Å². The van der Waals surface area contributed by atoms with Crippen molar-refractivity contribution in [1.82, 2.24) is 19.7 Å². The van der Waals surface area contributed by atoms with Gasteiger partial charge in [-0.25, -0.2) is 19.1 Å². The number of sulfonamides is 1. The van der Waals surface area contributed by atoms with E-state index in [1.807, 2.05) is 51.5 Å². The molecular formula is C30H35FN4O5S. The number of benzene rings is 2. The standard InChI is InChI=1S/C30H31FN4O5S.2H2/c1-17(2)16-39-24-12-22(11-23(31)13-24)26-8-7-25(29(36)35-41(37,38)27-15-32-14-21(6)33-27)30(34-26)40-28-19(4)9-18(3)10-20(28)5;;/h7-15,17H,16H2,1-6H3,(H,35,36);2*1H. The lowest BCUT2D eigenvalue weighted by atomic mass is 10.1. The van der Waals surface area contributed by atoms with Crippen molar-refractivity contribution in [3.8, 4) is 28.6 Å². The zero-order valence-corrected chi connectivity index (χ0v) is 24.5. The highest BCUT2D eigenvalue weighted by atomic mass is 32.2. The first-order chi connectivity index (χ1) is 19.3. The lowest BCUT2D eigenvalue weighted by molar-refractivity contribution is 0.0978. The largest absolute Gasteiger partial charge is 0.493 e. The molecule has 0 bridgehead atoms. The molecule has 0 unspecified atom stereocenters. The molecule has 2 aromatic heterocycles. The molecule has 11 heteroatoms. The minimum absolute atomic E-state index is 0. The number of amides is 1. The summed E-state index contributed by atoms with van der Waals surface area (Å²) in [6, 6.07) is 10.9. The highest BCUT2D eigenvalue weighted by Crippen LogP contribution is 2.33. The third-order valence-corrected chi connectivity index (χ3v) is 7.10. The number of aromatic nitrogens is 3. The Kier molecular flexibility index (Phi) is 8.67. The van der Waals surface area contributed by atoms with Crippen molar-refractivity contribution in [2.75, 3.05) is 6.61 Å². The molecule has 0 radical (unpaired) electrons. The van der Waals surface area contributed by atoms with Crippen LogP contribution in [0.5, 0.6) is 17.4 Å². The van der Waals surface area contributed by atoms with Gasteiger partial charge in [-0.05, 0) is 69.0 Å². The number of carbonyl (C=O) groups excluding carboxylic acids is 1. The Morgan fingerprint density at radius 2 is 1.71 bits per heavy atom. The fourth-order valence-corrected chi connectivity index (χ4v) is 5.05. The molecule has 41 heavy (non-hydrogen) atoms. The number of nitrogens with zero attached hydrogens (tertiary/aromatic N) is 3. The number of ether oxygens (including phenoxy) is 2. The SMILES string of the molecule is Cc1cc(C)c(Oc2nc(-c3cc(F)cc(OCC(C)C)c3)ccc2C(=O)NS(=O)(=O)c2cncc(C)n2)c(C)c1.[HH].[HH]. The van der Waals surface area contributed by atoms with E-state index in [4.69, 9.17) is 9.47 Å². The predicted molar refractivity (Wildman–Crippen MR) is 156 cm³/mol. The number of hydrogen-bond acceptors (Lipinski definition) is 8. The van der Waals surface area contributed by atoms with Crippen LogP contribution in [-0.2, 0) is 10.0 Å². The quantitative estimate of drug-likeness (QED) is 0.242. The van der Waals surface area contributed by atoms with Gasteiger partial charge in [-0.3, -0.25) is 9.78 Å². The van der Waals surface area contributed by atoms with E-state index in [-0.39, 0.29) is 20.2 Å².